The third kappa shape index (κ3) is 5.39. The van der Waals surface area contributed by atoms with Crippen LogP contribution in [0.15, 0.2) is 24.3 Å². The van der Waals surface area contributed by atoms with Crippen molar-refractivity contribution in [3.63, 3.8) is 0 Å². The molecule has 0 aliphatic rings. The molecule has 0 radical (unpaired) electrons. The van der Waals surface area contributed by atoms with E-state index in [2.05, 4.69) is 19.2 Å². The molecular formula is C13H20ClNO2. The third-order valence-electron chi connectivity index (χ3n) is 2.58. The van der Waals surface area contributed by atoms with E-state index >= 15 is 0 Å². The van der Waals surface area contributed by atoms with Crippen LogP contribution in [0.1, 0.15) is 20.3 Å². The third-order valence-corrected chi connectivity index (χ3v) is 2.89. The highest BCUT2D eigenvalue weighted by Gasteiger charge is 2.08. The molecule has 0 aliphatic carbocycles. The molecule has 1 aromatic rings. The highest BCUT2D eigenvalue weighted by molar-refractivity contribution is 6.32. The van der Waals surface area contributed by atoms with Crippen LogP contribution in [0.25, 0.3) is 0 Å². The number of hydrogen-bond acceptors (Lipinski definition) is 3. The Labute approximate surface area is 108 Å². The molecule has 2 N–H and O–H groups in total. The van der Waals surface area contributed by atoms with Gasteiger partial charge in [0.05, 0.1) is 5.02 Å². The van der Waals surface area contributed by atoms with E-state index in [0.717, 1.165) is 6.42 Å². The number of para-hydroxylation sites is 1. The molecule has 0 spiro atoms. The molecule has 0 unspecified atom stereocenters. The van der Waals surface area contributed by atoms with Crippen LogP contribution in [0, 0.1) is 0 Å². The predicted octanol–water partition coefficient (Wildman–Crippen LogP) is 2.47. The fraction of sp³-hybridized carbons (Fsp3) is 0.538. The van der Waals surface area contributed by atoms with E-state index in [1.165, 1.54) is 0 Å². The number of ether oxygens (including phenoxy) is 1. The lowest BCUT2D eigenvalue weighted by atomic mass is 10.2. The average Bonchev–Trinajstić information content (AvgIpc) is 2.35. The number of aliphatic hydroxyl groups is 1. The quantitative estimate of drug-likeness (QED) is 0.789. The Hall–Kier alpha value is -0.770. The van der Waals surface area contributed by atoms with E-state index in [9.17, 15) is 5.11 Å². The monoisotopic (exact) mass is 257 g/mol. The van der Waals surface area contributed by atoms with Gasteiger partial charge < -0.3 is 15.2 Å². The SMILES string of the molecule is CC[C@@H](C)NC[C@H](O)COc1ccccc1Cl. The molecule has 0 heterocycles. The normalized spacial score (nSPS) is 14.4. The van der Waals surface area contributed by atoms with Crippen LogP contribution >= 0.6 is 11.6 Å². The maximum Gasteiger partial charge on any atom is 0.138 e. The fourth-order valence-corrected chi connectivity index (χ4v) is 1.48. The first kappa shape index (κ1) is 14.3. The Morgan fingerprint density at radius 3 is 2.76 bits per heavy atom. The Bertz CT molecular complexity index is 333. The molecule has 0 aliphatic heterocycles. The van der Waals surface area contributed by atoms with E-state index in [0.29, 0.717) is 23.4 Å². The van der Waals surface area contributed by atoms with Gasteiger partial charge >= 0.3 is 0 Å². The minimum absolute atomic E-state index is 0.243. The summed E-state index contributed by atoms with van der Waals surface area (Å²) in [6.45, 7) is 4.96. The summed E-state index contributed by atoms with van der Waals surface area (Å²) in [7, 11) is 0. The molecule has 0 saturated carbocycles. The van der Waals surface area contributed by atoms with Crippen LogP contribution in [0.4, 0.5) is 0 Å². The molecule has 96 valence electrons. The Balaban J connectivity index is 2.28. The molecule has 3 nitrogen and oxygen atoms in total. The molecule has 0 saturated heterocycles. The highest BCUT2D eigenvalue weighted by atomic mass is 35.5. The smallest absolute Gasteiger partial charge is 0.138 e. The lowest BCUT2D eigenvalue weighted by molar-refractivity contribution is 0.104. The zero-order valence-electron chi connectivity index (χ0n) is 10.3. The lowest BCUT2D eigenvalue weighted by Gasteiger charge is -2.16. The maximum atomic E-state index is 9.72. The molecular weight excluding hydrogens is 238 g/mol. The largest absolute Gasteiger partial charge is 0.489 e. The maximum absolute atomic E-state index is 9.72. The number of benzene rings is 1. The van der Waals surface area contributed by atoms with Crippen LogP contribution in [0.3, 0.4) is 0 Å². The molecule has 17 heavy (non-hydrogen) atoms. The predicted molar refractivity (Wildman–Crippen MR) is 70.7 cm³/mol. The van der Waals surface area contributed by atoms with Crippen LogP contribution in [0.5, 0.6) is 5.75 Å². The second-order valence-electron chi connectivity index (χ2n) is 4.11. The molecule has 0 aromatic heterocycles. The van der Waals surface area contributed by atoms with E-state index < -0.39 is 6.10 Å². The van der Waals surface area contributed by atoms with Crippen LogP contribution < -0.4 is 10.1 Å². The number of nitrogens with one attached hydrogen (secondary N) is 1. The van der Waals surface area contributed by atoms with Crippen molar-refractivity contribution in [1.82, 2.24) is 5.32 Å². The van der Waals surface area contributed by atoms with E-state index in [1.54, 1.807) is 12.1 Å². The van der Waals surface area contributed by atoms with Gasteiger partial charge in [0.15, 0.2) is 0 Å². The van der Waals surface area contributed by atoms with Gasteiger partial charge in [-0.05, 0) is 25.5 Å². The van der Waals surface area contributed by atoms with Crippen molar-refractivity contribution >= 4 is 11.6 Å². The lowest BCUT2D eigenvalue weighted by Crippen LogP contribution is -2.36. The Morgan fingerprint density at radius 2 is 2.12 bits per heavy atom. The molecule has 1 rings (SSSR count). The van der Waals surface area contributed by atoms with Crippen molar-refractivity contribution in [2.45, 2.75) is 32.4 Å². The minimum atomic E-state index is -0.528. The van der Waals surface area contributed by atoms with Gasteiger partial charge in [-0.25, -0.2) is 0 Å². The first-order chi connectivity index (χ1) is 8.13. The number of aliphatic hydroxyl groups excluding tert-OH is 1. The van der Waals surface area contributed by atoms with Crippen molar-refractivity contribution in [2.75, 3.05) is 13.2 Å². The van der Waals surface area contributed by atoms with Crippen molar-refractivity contribution in [3.05, 3.63) is 29.3 Å². The van der Waals surface area contributed by atoms with E-state index in [4.69, 9.17) is 16.3 Å². The zero-order chi connectivity index (χ0) is 12.7. The molecule has 2 atom stereocenters. The summed E-state index contributed by atoms with van der Waals surface area (Å²) in [5.41, 5.74) is 0. The van der Waals surface area contributed by atoms with E-state index in [1.807, 2.05) is 12.1 Å². The first-order valence-electron chi connectivity index (χ1n) is 5.92. The van der Waals surface area contributed by atoms with Gasteiger partial charge in [-0.3, -0.25) is 0 Å². The molecule has 0 bridgehead atoms. The van der Waals surface area contributed by atoms with Crippen molar-refractivity contribution < 1.29 is 9.84 Å². The molecule has 0 amide bonds. The second kappa shape index (κ2) is 7.54. The second-order valence-corrected chi connectivity index (χ2v) is 4.52. The number of halogens is 1. The topological polar surface area (TPSA) is 41.5 Å². The van der Waals surface area contributed by atoms with Gasteiger partial charge in [0.25, 0.3) is 0 Å². The van der Waals surface area contributed by atoms with Crippen LogP contribution in [-0.4, -0.2) is 30.4 Å². The summed E-state index contributed by atoms with van der Waals surface area (Å²) in [5.74, 6) is 0.608. The Kier molecular flexibility index (Phi) is 6.34. The average molecular weight is 258 g/mol. The number of rotatable bonds is 7. The standard InChI is InChI=1S/C13H20ClNO2/c1-3-10(2)15-8-11(16)9-17-13-7-5-4-6-12(13)14/h4-7,10-11,15-16H,3,8-9H2,1-2H3/t10-,11+/m1/s1. The summed E-state index contributed by atoms with van der Waals surface area (Å²) < 4.78 is 5.44. The van der Waals surface area contributed by atoms with Gasteiger partial charge in [-0.15, -0.1) is 0 Å². The van der Waals surface area contributed by atoms with Gasteiger partial charge in [0, 0.05) is 12.6 Å². The van der Waals surface area contributed by atoms with Gasteiger partial charge in [0.2, 0.25) is 0 Å². The highest BCUT2D eigenvalue weighted by Crippen LogP contribution is 2.22. The summed E-state index contributed by atoms with van der Waals surface area (Å²) in [6, 6.07) is 7.66. The Morgan fingerprint density at radius 1 is 1.41 bits per heavy atom. The van der Waals surface area contributed by atoms with Gasteiger partial charge in [-0.2, -0.15) is 0 Å². The van der Waals surface area contributed by atoms with Crippen molar-refractivity contribution in [2.24, 2.45) is 0 Å². The summed E-state index contributed by atoms with van der Waals surface area (Å²) in [6.07, 6.45) is 0.512. The zero-order valence-corrected chi connectivity index (χ0v) is 11.1. The molecule has 4 heteroatoms. The van der Waals surface area contributed by atoms with Crippen molar-refractivity contribution in [1.29, 1.82) is 0 Å². The van der Waals surface area contributed by atoms with Crippen molar-refractivity contribution in [3.8, 4) is 5.75 Å². The fourth-order valence-electron chi connectivity index (χ4n) is 1.29. The molecule has 0 fully saturated rings. The minimum Gasteiger partial charge on any atom is -0.489 e. The number of hydrogen-bond donors (Lipinski definition) is 2. The van der Waals surface area contributed by atoms with Gasteiger partial charge in [0.1, 0.15) is 18.5 Å². The summed E-state index contributed by atoms with van der Waals surface area (Å²) in [4.78, 5) is 0. The molecule has 1 aromatic carbocycles. The van der Waals surface area contributed by atoms with Crippen LogP contribution in [0.2, 0.25) is 5.02 Å². The first-order valence-corrected chi connectivity index (χ1v) is 6.30. The summed E-state index contributed by atoms with van der Waals surface area (Å²) >= 11 is 5.94. The van der Waals surface area contributed by atoms with E-state index in [-0.39, 0.29) is 6.61 Å². The summed E-state index contributed by atoms with van der Waals surface area (Å²) in [5, 5.41) is 13.5. The van der Waals surface area contributed by atoms with Gasteiger partial charge in [-0.1, -0.05) is 30.7 Å². The van der Waals surface area contributed by atoms with Crippen LogP contribution in [-0.2, 0) is 0 Å².